The summed E-state index contributed by atoms with van der Waals surface area (Å²) >= 11 is 0. The van der Waals surface area contributed by atoms with Crippen LogP contribution in [0.5, 0.6) is 5.75 Å². The molecule has 2 aliphatic heterocycles. The smallest absolute Gasteiger partial charge is 0.408 e. The van der Waals surface area contributed by atoms with E-state index in [1.54, 1.807) is 30.3 Å². The molecule has 0 aliphatic carbocycles. The number of nitrogens with one attached hydrogen (secondary N) is 1. The van der Waals surface area contributed by atoms with Gasteiger partial charge in [0.2, 0.25) is 6.23 Å². The van der Waals surface area contributed by atoms with Crippen LogP contribution in [0.1, 0.15) is 26.3 Å². The number of nitrogens with zero attached hydrogens (tertiary/aromatic N) is 1. The average molecular weight is 539 g/mol. The van der Waals surface area contributed by atoms with Crippen molar-refractivity contribution >= 4 is 33.7 Å². The van der Waals surface area contributed by atoms with E-state index >= 15 is 0 Å². The summed E-state index contributed by atoms with van der Waals surface area (Å²) in [5, 5.41) is 2.67. The van der Waals surface area contributed by atoms with Crippen LogP contribution in [0.15, 0.2) is 77.7 Å². The monoisotopic (exact) mass is 538 g/mol. The Morgan fingerprint density at radius 3 is 2.21 bits per heavy atom. The van der Waals surface area contributed by atoms with E-state index in [-0.39, 0.29) is 28.3 Å². The Morgan fingerprint density at radius 1 is 0.974 bits per heavy atom. The first-order chi connectivity index (χ1) is 18.2. The van der Waals surface area contributed by atoms with Crippen molar-refractivity contribution in [3.8, 4) is 5.75 Å². The van der Waals surface area contributed by atoms with Gasteiger partial charge >= 0.3 is 18.0 Å². The molecule has 3 aromatic rings. The number of methoxy groups -OCH3 is 2. The highest BCUT2D eigenvalue weighted by atomic mass is 32.2. The van der Waals surface area contributed by atoms with E-state index in [1.807, 2.05) is 0 Å². The number of cyclic esters (lactones) is 1. The molecule has 38 heavy (non-hydrogen) atoms. The molecule has 0 bridgehead atoms. The Balaban J connectivity index is 1.63. The van der Waals surface area contributed by atoms with E-state index in [1.165, 1.54) is 56.7 Å². The average Bonchev–Trinajstić information content (AvgIpc) is 3.46. The number of benzene rings is 3. The third-order valence-electron chi connectivity index (χ3n) is 6.37. The molecule has 0 radical (unpaired) electrons. The van der Waals surface area contributed by atoms with Gasteiger partial charge in [-0.3, -0.25) is 0 Å². The zero-order chi connectivity index (χ0) is 27.1. The summed E-state index contributed by atoms with van der Waals surface area (Å²) in [6.45, 7) is -0.313. The number of carbonyl (C=O) groups is 3. The predicted octanol–water partition coefficient (Wildman–Crippen LogP) is 2.81. The van der Waals surface area contributed by atoms with E-state index in [9.17, 15) is 22.8 Å². The molecule has 2 atom stereocenters. The number of esters is 2. The number of ether oxygens (including phenoxy) is 4. The molecule has 1 spiro atoms. The number of carbonyl (C=O) groups excluding carboxylic acids is 3. The standard InChI is InChI=1S/C26H22N2O9S/c1-34-18-12-13-21-20(14-18)26(15-36-25(31)27-26)24(28(21)38(32,33)19-6-4-3-5-7-19)37-23(30)17-10-8-16(9-11-17)22(29)35-2/h3-14,24H,15H2,1-2H3,(H,27,31)/t24-,26-/m1/s1. The topological polar surface area (TPSA) is 138 Å². The quantitative estimate of drug-likeness (QED) is 0.371. The molecule has 0 saturated carbocycles. The Labute approximate surface area is 217 Å². The van der Waals surface area contributed by atoms with Gasteiger partial charge < -0.3 is 24.3 Å². The summed E-state index contributed by atoms with van der Waals surface area (Å²) in [6, 6.07) is 17.7. The molecule has 11 nitrogen and oxygen atoms in total. The minimum atomic E-state index is -4.30. The van der Waals surface area contributed by atoms with Crippen molar-refractivity contribution in [3.63, 3.8) is 0 Å². The van der Waals surface area contributed by atoms with Gasteiger partial charge in [-0.05, 0) is 54.6 Å². The number of hydrogen-bond acceptors (Lipinski definition) is 9. The normalized spacial score (nSPS) is 19.9. The molecule has 5 rings (SSSR count). The summed E-state index contributed by atoms with van der Waals surface area (Å²) in [4.78, 5) is 37.3. The fraction of sp³-hybridized carbons (Fsp3) is 0.192. The van der Waals surface area contributed by atoms with Crippen molar-refractivity contribution in [2.75, 3.05) is 25.1 Å². The van der Waals surface area contributed by atoms with Crippen LogP contribution in [0.4, 0.5) is 10.5 Å². The first-order valence-corrected chi connectivity index (χ1v) is 12.8. The lowest BCUT2D eigenvalue weighted by molar-refractivity contribution is 0.00808. The van der Waals surface area contributed by atoms with Gasteiger partial charge in [-0.25, -0.2) is 27.1 Å². The van der Waals surface area contributed by atoms with Crippen molar-refractivity contribution in [1.29, 1.82) is 0 Å². The zero-order valence-corrected chi connectivity index (χ0v) is 21.1. The van der Waals surface area contributed by atoms with E-state index in [0.29, 0.717) is 11.3 Å². The van der Waals surface area contributed by atoms with Gasteiger partial charge in [-0.2, -0.15) is 0 Å². The van der Waals surface area contributed by atoms with Crippen LogP contribution in [0.2, 0.25) is 0 Å². The van der Waals surface area contributed by atoms with Crippen LogP contribution >= 0.6 is 0 Å². The van der Waals surface area contributed by atoms with Gasteiger partial charge in [0.15, 0.2) is 5.54 Å². The minimum absolute atomic E-state index is 0.0450. The van der Waals surface area contributed by atoms with E-state index in [2.05, 4.69) is 10.1 Å². The van der Waals surface area contributed by atoms with Gasteiger partial charge in [0.05, 0.1) is 35.9 Å². The molecule has 0 unspecified atom stereocenters. The van der Waals surface area contributed by atoms with Gasteiger partial charge in [0.25, 0.3) is 10.0 Å². The molecule has 3 aromatic carbocycles. The van der Waals surface area contributed by atoms with Crippen LogP contribution in [0.3, 0.4) is 0 Å². The SMILES string of the molecule is COC(=O)c1ccc(C(=O)O[C@H]2N(S(=O)(=O)c3ccccc3)c3ccc(OC)cc3[C@]23COC(=O)N3)cc1. The van der Waals surface area contributed by atoms with Crippen molar-refractivity contribution in [1.82, 2.24) is 5.32 Å². The van der Waals surface area contributed by atoms with Gasteiger partial charge in [0, 0.05) is 5.56 Å². The molecule has 196 valence electrons. The first kappa shape index (κ1) is 25.1. The summed E-state index contributed by atoms with van der Waals surface area (Å²) in [5.41, 5.74) is -0.792. The maximum Gasteiger partial charge on any atom is 0.408 e. The molecule has 2 heterocycles. The van der Waals surface area contributed by atoms with Crippen molar-refractivity contribution in [3.05, 3.63) is 89.5 Å². The minimum Gasteiger partial charge on any atom is -0.497 e. The molecule has 1 fully saturated rings. The lowest BCUT2D eigenvalue weighted by atomic mass is 9.92. The molecule has 1 N–H and O–H groups in total. The maximum atomic E-state index is 14.0. The summed E-state index contributed by atoms with van der Waals surface area (Å²) in [7, 11) is -1.63. The first-order valence-electron chi connectivity index (χ1n) is 11.3. The highest BCUT2D eigenvalue weighted by Gasteiger charge is 2.62. The predicted molar refractivity (Wildman–Crippen MR) is 132 cm³/mol. The Kier molecular flexibility index (Phi) is 6.19. The Hall–Kier alpha value is -4.58. The van der Waals surface area contributed by atoms with Crippen LogP contribution in [0, 0.1) is 0 Å². The van der Waals surface area contributed by atoms with Gasteiger partial charge in [-0.1, -0.05) is 18.2 Å². The molecular weight excluding hydrogens is 516 g/mol. The number of amides is 1. The van der Waals surface area contributed by atoms with E-state index < -0.39 is 39.8 Å². The van der Waals surface area contributed by atoms with Crippen LogP contribution in [-0.2, 0) is 29.8 Å². The number of alkyl carbamates (subject to hydrolysis) is 1. The number of hydrogen-bond donors (Lipinski definition) is 1. The molecule has 12 heteroatoms. The molecule has 1 saturated heterocycles. The third-order valence-corrected chi connectivity index (χ3v) is 8.15. The fourth-order valence-electron chi connectivity index (χ4n) is 4.50. The van der Waals surface area contributed by atoms with E-state index in [4.69, 9.17) is 14.2 Å². The van der Waals surface area contributed by atoms with Gasteiger partial charge in [0.1, 0.15) is 12.4 Å². The van der Waals surface area contributed by atoms with Crippen LogP contribution in [-0.4, -0.2) is 53.5 Å². The second kappa shape index (κ2) is 9.38. The molecule has 2 aliphatic rings. The summed E-state index contributed by atoms with van der Waals surface area (Å²) < 4.78 is 49.9. The molecular formula is C26H22N2O9S. The largest absolute Gasteiger partial charge is 0.497 e. The van der Waals surface area contributed by atoms with E-state index in [0.717, 1.165) is 4.31 Å². The maximum absolute atomic E-state index is 14.0. The number of sulfonamides is 1. The number of rotatable bonds is 6. The van der Waals surface area contributed by atoms with Crippen LogP contribution < -0.4 is 14.4 Å². The van der Waals surface area contributed by atoms with Crippen molar-refractivity contribution in [2.24, 2.45) is 0 Å². The number of fused-ring (bicyclic) bond motifs is 2. The zero-order valence-electron chi connectivity index (χ0n) is 20.2. The Bertz CT molecular complexity index is 1520. The highest BCUT2D eigenvalue weighted by Crippen LogP contribution is 2.50. The lowest BCUT2D eigenvalue weighted by Crippen LogP contribution is -2.56. The second-order valence-electron chi connectivity index (χ2n) is 8.50. The molecule has 1 amide bonds. The summed E-state index contributed by atoms with van der Waals surface area (Å²) in [6.07, 6.45) is -2.37. The third kappa shape index (κ3) is 3.98. The van der Waals surface area contributed by atoms with Gasteiger partial charge in [-0.15, -0.1) is 0 Å². The molecule has 0 aromatic heterocycles. The van der Waals surface area contributed by atoms with Crippen LogP contribution in [0.25, 0.3) is 0 Å². The summed E-state index contributed by atoms with van der Waals surface area (Å²) in [5.74, 6) is -1.08. The fourth-order valence-corrected chi connectivity index (χ4v) is 6.12. The highest BCUT2D eigenvalue weighted by molar-refractivity contribution is 7.92. The second-order valence-corrected chi connectivity index (χ2v) is 10.3. The van der Waals surface area contributed by atoms with Crippen molar-refractivity contribution < 1.29 is 41.7 Å². The Morgan fingerprint density at radius 2 is 1.63 bits per heavy atom. The number of anilines is 1. The lowest BCUT2D eigenvalue weighted by Gasteiger charge is -2.33. The van der Waals surface area contributed by atoms with Crippen molar-refractivity contribution in [2.45, 2.75) is 16.7 Å².